The molecule has 166 valence electrons. The van der Waals surface area contributed by atoms with Gasteiger partial charge in [-0.3, -0.25) is 10.3 Å². The summed E-state index contributed by atoms with van der Waals surface area (Å²) in [6, 6.07) is 5.30. The van der Waals surface area contributed by atoms with E-state index in [4.69, 9.17) is 4.74 Å². The van der Waals surface area contributed by atoms with E-state index >= 15 is 0 Å². The topological polar surface area (TPSA) is 115 Å². The van der Waals surface area contributed by atoms with Crippen LogP contribution in [0.25, 0.3) is 21.6 Å². The number of pyridine rings is 2. The number of carbonyl (C=O) groups excluding carboxylic acids is 1. The van der Waals surface area contributed by atoms with Gasteiger partial charge in [-0.15, -0.1) is 21.5 Å². The number of rotatable bonds is 6. The van der Waals surface area contributed by atoms with Gasteiger partial charge in [0.25, 0.3) is 0 Å². The van der Waals surface area contributed by atoms with E-state index in [1.807, 2.05) is 18.2 Å². The Morgan fingerprint density at radius 3 is 2.72 bits per heavy atom. The quantitative estimate of drug-likeness (QED) is 0.433. The average molecular weight is 470 g/mol. The van der Waals surface area contributed by atoms with Gasteiger partial charge in [0.1, 0.15) is 26.1 Å². The lowest BCUT2D eigenvalue weighted by molar-refractivity contribution is 0.252. The summed E-state index contributed by atoms with van der Waals surface area (Å²) in [5.41, 5.74) is 2.30. The first-order valence-electron chi connectivity index (χ1n) is 9.96. The van der Waals surface area contributed by atoms with E-state index in [2.05, 4.69) is 56.6 Å². The van der Waals surface area contributed by atoms with Crippen molar-refractivity contribution in [1.82, 2.24) is 30.5 Å². The highest BCUT2D eigenvalue weighted by molar-refractivity contribution is 7.22. The molecule has 0 aliphatic carbocycles. The number of nitrogens with zero attached hydrogens (tertiary/aromatic N) is 5. The second-order valence-electron chi connectivity index (χ2n) is 8.04. The average Bonchev–Trinajstić information content (AvgIpc) is 3.39. The summed E-state index contributed by atoms with van der Waals surface area (Å²) in [5.74, 6) is 0.663. The zero-order chi connectivity index (χ0) is 22.7. The monoisotopic (exact) mass is 469 g/mol. The molecule has 0 saturated heterocycles. The van der Waals surface area contributed by atoms with Gasteiger partial charge >= 0.3 is 6.03 Å². The number of methoxy groups -OCH3 is 1. The molecule has 4 heterocycles. The van der Waals surface area contributed by atoms with E-state index < -0.39 is 0 Å². The number of aromatic nitrogens is 5. The summed E-state index contributed by atoms with van der Waals surface area (Å²) in [7, 11) is 1.60. The molecule has 0 unspecified atom stereocenters. The van der Waals surface area contributed by atoms with Crippen LogP contribution in [-0.2, 0) is 11.8 Å². The summed E-state index contributed by atoms with van der Waals surface area (Å²) < 4.78 is 5.23. The number of amides is 2. The van der Waals surface area contributed by atoms with Gasteiger partial charge in [0, 0.05) is 30.1 Å². The lowest BCUT2D eigenvalue weighted by Gasteiger charge is -2.12. The van der Waals surface area contributed by atoms with E-state index in [1.165, 1.54) is 11.3 Å². The maximum Gasteiger partial charge on any atom is 0.321 e. The fourth-order valence-electron chi connectivity index (χ4n) is 2.78. The summed E-state index contributed by atoms with van der Waals surface area (Å²) in [5, 5.41) is 16.4. The second-order valence-corrected chi connectivity index (χ2v) is 10.1. The molecular formula is C21H23N7O2S2. The first-order valence-corrected chi connectivity index (χ1v) is 11.6. The molecule has 2 amide bonds. The number of nitrogens with one attached hydrogen (secondary N) is 2. The minimum absolute atomic E-state index is 0.0233. The van der Waals surface area contributed by atoms with Crippen molar-refractivity contribution in [3.63, 3.8) is 0 Å². The number of fused-ring (bicyclic) bond motifs is 1. The smallest absolute Gasteiger partial charge is 0.321 e. The lowest BCUT2D eigenvalue weighted by atomic mass is 9.98. The van der Waals surface area contributed by atoms with Crippen molar-refractivity contribution in [3.05, 3.63) is 40.6 Å². The zero-order valence-corrected chi connectivity index (χ0v) is 19.8. The minimum atomic E-state index is -0.318. The molecule has 2 N–H and O–H groups in total. The molecule has 32 heavy (non-hydrogen) atoms. The molecule has 0 spiro atoms. The predicted molar refractivity (Wildman–Crippen MR) is 127 cm³/mol. The number of thiazole rings is 1. The third-order valence-corrected chi connectivity index (χ3v) is 6.74. The summed E-state index contributed by atoms with van der Waals surface area (Å²) in [4.78, 5) is 26.3. The number of urea groups is 1. The van der Waals surface area contributed by atoms with Gasteiger partial charge in [-0.05, 0) is 18.2 Å². The molecule has 0 radical (unpaired) electrons. The van der Waals surface area contributed by atoms with Gasteiger partial charge in [-0.2, -0.15) is 0 Å². The van der Waals surface area contributed by atoms with E-state index in [0.29, 0.717) is 29.4 Å². The molecule has 4 aromatic rings. The number of carbonyl (C=O) groups is 1. The highest BCUT2D eigenvalue weighted by Crippen LogP contribution is 2.28. The van der Waals surface area contributed by atoms with Crippen molar-refractivity contribution in [1.29, 1.82) is 0 Å². The van der Waals surface area contributed by atoms with Crippen LogP contribution < -0.4 is 15.4 Å². The summed E-state index contributed by atoms with van der Waals surface area (Å²) >= 11 is 2.89. The van der Waals surface area contributed by atoms with Gasteiger partial charge in [0.2, 0.25) is 0 Å². The fourth-order valence-corrected chi connectivity index (χ4v) is 4.51. The van der Waals surface area contributed by atoms with Crippen LogP contribution in [0.15, 0.2) is 30.6 Å². The van der Waals surface area contributed by atoms with Crippen molar-refractivity contribution in [3.8, 4) is 17.0 Å². The number of hydrogen-bond acceptors (Lipinski definition) is 9. The Morgan fingerprint density at radius 2 is 1.97 bits per heavy atom. The van der Waals surface area contributed by atoms with Crippen molar-refractivity contribution in [2.75, 3.05) is 19.0 Å². The molecule has 0 aliphatic heterocycles. The SMILES string of the molecule is COc1cncc(-c2ccc3nc(NC(=O)NCCc4nnc(C(C)(C)C)s4)sc3n2)c1. The highest BCUT2D eigenvalue weighted by atomic mass is 32.1. The van der Waals surface area contributed by atoms with Crippen molar-refractivity contribution < 1.29 is 9.53 Å². The molecule has 0 bridgehead atoms. The fraction of sp³-hybridized carbons (Fsp3) is 0.333. The maximum absolute atomic E-state index is 12.3. The standard InChI is InChI=1S/C21H23N7O2S2/c1-21(2,3)18-28-27-16(31-18)7-8-23-19(29)26-20-25-15-6-5-14(24-17(15)32-20)12-9-13(30-4)11-22-10-12/h5-6,9-11H,7-8H2,1-4H3,(H2,23,25,26,29). The molecular weight excluding hydrogens is 446 g/mol. The Morgan fingerprint density at radius 1 is 1.12 bits per heavy atom. The van der Waals surface area contributed by atoms with Crippen LogP contribution >= 0.6 is 22.7 Å². The van der Waals surface area contributed by atoms with Crippen LogP contribution in [0.2, 0.25) is 0 Å². The largest absolute Gasteiger partial charge is 0.495 e. The molecule has 0 aliphatic rings. The third kappa shape index (κ3) is 5.17. The Balaban J connectivity index is 1.36. The first kappa shape index (κ1) is 22.0. The van der Waals surface area contributed by atoms with Gasteiger partial charge in [-0.25, -0.2) is 14.8 Å². The lowest BCUT2D eigenvalue weighted by Crippen LogP contribution is -2.30. The normalized spacial score (nSPS) is 11.5. The highest BCUT2D eigenvalue weighted by Gasteiger charge is 2.19. The van der Waals surface area contributed by atoms with E-state index in [1.54, 1.807) is 30.8 Å². The molecule has 4 rings (SSSR count). The van der Waals surface area contributed by atoms with Gasteiger partial charge in [0.15, 0.2) is 5.13 Å². The molecule has 0 saturated carbocycles. The number of ether oxygens (including phenoxy) is 1. The number of anilines is 1. The van der Waals surface area contributed by atoms with Gasteiger partial charge in [0.05, 0.1) is 19.0 Å². The maximum atomic E-state index is 12.3. The Hall–Kier alpha value is -3.18. The van der Waals surface area contributed by atoms with Crippen LogP contribution in [0.1, 0.15) is 30.8 Å². The molecule has 11 heteroatoms. The van der Waals surface area contributed by atoms with Gasteiger partial charge in [-0.1, -0.05) is 32.1 Å². The van der Waals surface area contributed by atoms with E-state index in [9.17, 15) is 4.79 Å². The summed E-state index contributed by atoms with van der Waals surface area (Å²) in [6.07, 6.45) is 4.00. The van der Waals surface area contributed by atoms with Crippen LogP contribution in [0.3, 0.4) is 0 Å². The van der Waals surface area contributed by atoms with Gasteiger partial charge < -0.3 is 10.1 Å². The zero-order valence-electron chi connectivity index (χ0n) is 18.2. The Labute approximate surface area is 193 Å². The molecule has 0 aromatic carbocycles. The first-order chi connectivity index (χ1) is 15.3. The second kappa shape index (κ2) is 9.13. The van der Waals surface area contributed by atoms with Crippen molar-refractivity contribution >= 4 is 44.2 Å². The minimum Gasteiger partial charge on any atom is -0.495 e. The molecule has 4 aromatic heterocycles. The summed E-state index contributed by atoms with van der Waals surface area (Å²) in [6.45, 7) is 6.77. The van der Waals surface area contributed by atoms with Crippen molar-refractivity contribution in [2.45, 2.75) is 32.6 Å². The van der Waals surface area contributed by atoms with E-state index in [-0.39, 0.29) is 11.4 Å². The van der Waals surface area contributed by atoms with Crippen LogP contribution in [0.4, 0.5) is 9.93 Å². The van der Waals surface area contributed by atoms with Crippen molar-refractivity contribution in [2.24, 2.45) is 0 Å². The predicted octanol–water partition coefficient (Wildman–Crippen LogP) is 4.28. The Bertz CT molecular complexity index is 1250. The van der Waals surface area contributed by atoms with Crippen LogP contribution in [-0.4, -0.2) is 44.8 Å². The Kier molecular flexibility index (Phi) is 6.28. The molecule has 0 atom stereocenters. The molecule has 0 fully saturated rings. The molecule has 9 nitrogen and oxygen atoms in total. The van der Waals surface area contributed by atoms with Crippen LogP contribution in [0.5, 0.6) is 5.75 Å². The number of hydrogen-bond donors (Lipinski definition) is 2. The third-order valence-electron chi connectivity index (χ3n) is 4.45. The van der Waals surface area contributed by atoms with Crippen LogP contribution in [0, 0.1) is 0 Å². The van der Waals surface area contributed by atoms with E-state index in [0.717, 1.165) is 26.1 Å².